The van der Waals surface area contributed by atoms with Crippen molar-refractivity contribution in [1.29, 1.82) is 0 Å². The molecule has 1 aromatic rings. The van der Waals surface area contributed by atoms with Crippen molar-refractivity contribution in [3.05, 3.63) is 39.4 Å². The fraction of sp³-hybridized carbons (Fsp3) is 0.526. The van der Waals surface area contributed by atoms with E-state index in [0.29, 0.717) is 5.92 Å². The number of rotatable bonds is 6. The third-order valence-electron chi connectivity index (χ3n) is 4.57. The fourth-order valence-electron chi connectivity index (χ4n) is 3.06. The summed E-state index contributed by atoms with van der Waals surface area (Å²) < 4.78 is 7.87. The molecule has 25 heavy (non-hydrogen) atoms. The molecule has 1 aromatic carbocycles. The van der Waals surface area contributed by atoms with Crippen molar-refractivity contribution in [3.8, 4) is 5.75 Å². The first-order valence-electron chi connectivity index (χ1n) is 8.60. The van der Waals surface area contributed by atoms with E-state index in [4.69, 9.17) is 22.1 Å². The van der Waals surface area contributed by atoms with Crippen molar-refractivity contribution in [1.82, 2.24) is 4.31 Å². The molecule has 2 N–H and O–H groups in total. The highest BCUT2D eigenvalue weighted by atomic mass is 35.5. The molecule has 2 rings (SSSR count). The van der Waals surface area contributed by atoms with Crippen LogP contribution in [0.25, 0.3) is 0 Å². The highest BCUT2D eigenvalue weighted by molar-refractivity contribution is 8.01. The molecule has 0 unspecified atom stereocenters. The topological polar surface area (TPSA) is 50.8 Å². The summed E-state index contributed by atoms with van der Waals surface area (Å²) in [7, 11) is 3.51. The van der Waals surface area contributed by atoms with Crippen LogP contribution in [0.1, 0.15) is 32.3 Å². The van der Waals surface area contributed by atoms with Crippen molar-refractivity contribution in [3.63, 3.8) is 0 Å². The molecule has 0 bridgehead atoms. The lowest BCUT2D eigenvalue weighted by Crippen LogP contribution is -2.30. The van der Waals surface area contributed by atoms with Crippen LogP contribution in [0.3, 0.4) is 0 Å². The minimum atomic E-state index is 0.666. The number of methoxy groups -OCH3 is 1. The molecular formula is C19H28ClN3OS. The average molecular weight is 382 g/mol. The largest absolute Gasteiger partial charge is 0.496 e. The lowest BCUT2D eigenvalue weighted by Gasteiger charge is -2.32. The quantitative estimate of drug-likeness (QED) is 0.580. The number of ether oxygens (including phenoxy) is 1. The first-order valence-corrected chi connectivity index (χ1v) is 9.75. The van der Waals surface area contributed by atoms with Crippen molar-refractivity contribution < 1.29 is 4.74 Å². The summed E-state index contributed by atoms with van der Waals surface area (Å²) in [4.78, 5) is 5.36. The van der Waals surface area contributed by atoms with Gasteiger partial charge in [0.1, 0.15) is 5.75 Å². The molecular weight excluding hydrogens is 354 g/mol. The zero-order valence-electron chi connectivity index (χ0n) is 15.5. The Bertz CT molecular complexity index is 648. The second kappa shape index (κ2) is 9.51. The normalized spacial score (nSPS) is 18.2. The Kier molecular flexibility index (Phi) is 7.66. The average Bonchev–Trinajstić information content (AvgIpc) is 2.61. The SMILES string of the molecule is CN=C(C)/C(SN1CCC(Cc2ccc(Cl)cc2OC)CC1)=C(/C)N. The maximum absolute atomic E-state index is 6.06. The Labute approximate surface area is 160 Å². The van der Waals surface area contributed by atoms with E-state index in [2.05, 4.69) is 15.4 Å². The van der Waals surface area contributed by atoms with Gasteiger partial charge in [-0.15, -0.1) is 0 Å². The van der Waals surface area contributed by atoms with Gasteiger partial charge in [0.2, 0.25) is 0 Å². The second-order valence-electron chi connectivity index (χ2n) is 6.45. The highest BCUT2D eigenvalue weighted by Gasteiger charge is 2.23. The van der Waals surface area contributed by atoms with Gasteiger partial charge in [0.05, 0.1) is 12.0 Å². The molecule has 0 spiro atoms. The van der Waals surface area contributed by atoms with E-state index in [1.54, 1.807) is 19.1 Å². The van der Waals surface area contributed by atoms with E-state index in [1.165, 1.54) is 5.56 Å². The molecule has 1 heterocycles. The van der Waals surface area contributed by atoms with Crippen molar-refractivity contribution in [2.45, 2.75) is 33.1 Å². The van der Waals surface area contributed by atoms with E-state index in [1.807, 2.05) is 33.0 Å². The van der Waals surface area contributed by atoms with Crippen LogP contribution in [0, 0.1) is 5.92 Å². The zero-order chi connectivity index (χ0) is 18.4. The number of hydrogen-bond donors (Lipinski definition) is 1. The summed E-state index contributed by atoms with van der Waals surface area (Å²) >= 11 is 7.79. The monoisotopic (exact) mass is 381 g/mol. The summed E-state index contributed by atoms with van der Waals surface area (Å²) in [5.74, 6) is 1.56. The molecule has 1 saturated heterocycles. The molecule has 0 saturated carbocycles. The standard InChI is InChI=1S/C19H28ClN3OS/c1-13(21)19(14(2)22-3)25-23-9-7-15(8-10-23)11-16-5-6-17(20)12-18(16)24-4/h5-6,12,15H,7-11,21H2,1-4H3/b19-13+,22-14?. The maximum Gasteiger partial charge on any atom is 0.123 e. The number of hydrogen-bond acceptors (Lipinski definition) is 5. The van der Waals surface area contributed by atoms with Crippen LogP contribution >= 0.6 is 23.5 Å². The summed E-state index contributed by atoms with van der Waals surface area (Å²) in [6.07, 6.45) is 3.36. The zero-order valence-corrected chi connectivity index (χ0v) is 17.1. The summed E-state index contributed by atoms with van der Waals surface area (Å²) in [6, 6.07) is 5.93. The van der Waals surface area contributed by atoms with Crippen molar-refractivity contribution in [2.24, 2.45) is 16.6 Å². The Balaban J connectivity index is 1.93. The number of piperidine rings is 1. The predicted molar refractivity (Wildman–Crippen MR) is 110 cm³/mol. The third-order valence-corrected chi connectivity index (χ3v) is 6.23. The lowest BCUT2D eigenvalue weighted by molar-refractivity contribution is 0.288. The van der Waals surface area contributed by atoms with Gasteiger partial charge in [-0.3, -0.25) is 4.99 Å². The summed E-state index contributed by atoms with van der Waals surface area (Å²) in [5, 5.41) is 0.719. The van der Waals surface area contributed by atoms with Gasteiger partial charge in [0, 0.05) is 36.6 Å². The number of benzene rings is 1. The van der Waals surface area contributed by atoms with Crippen LogP contribution in [-0.2, 0) is 6.42 Å². The Hall–Kier alpha value is -1.17. The van der Waals surface area contributed by atoms with Gasteiger partial charge in [-0.2, -0.15) is 0 Å². The first kappa shape index (κ1) is 20.1. The van der Waals surface area contributed by atoms with Gasteiger partial charge < -0.3 is 10.5 Å². The van der Waals surface area contributed by atoms with E-state index in [-0.39, 0.29) is 0 Å². The Morgan fingerprint density at radius 2 is 2.04 bits per heavy atom. The van der Waals surface area contributed by atoms with Gasteiger partial charge in [0.25, 0.3) is 0 Å². The van der Waals surface area contributed by atoms with Crippen LogP contribution in [0.5, 0.6) is 5.75 Å². The van der Waals surface area contributed by atoms with Crippen molar-refractivity contribution >= 4 is 29.3 Å². The molecule has 1 aliphatic rings. The third kappa shape index (κ3) is 5.66. The number of aliphatic imine (C=N–C) groups is 1. The van der Waals surface area contributed by atoms with E-state index < -0.39 is 0 Å². The molecule has 0 aliphatic carbocycles. The minimum Gasteiger partial charge on any atom is -0.496 e. The summed E-state index contributed by atoms with van der Waals surface area (Å²) in [5.41, 5.74) is 9.10. The van der Waals surface area contributed by atoms with Gasteiger partial charge in [-0.05, 0) is 68.7 Å². The molecule has 4 nitrogen and oxygen atoms in total. The maximum atomic E-state index is 6.06. The summed E-state index contributed by atoms with van der Waals surface area (Å²) in [6.45, 7) is 6.06. The van der Waals surface area contributed by atoms with Gasteiger partial charge >= 0.3 is 0 Å². The molecule has 1 fully saturated rings. The second-order valence-corrected chi connectivity index (χ2v) is 7.99. The lowest BCUT2D eigenvalue weighted by atomic mass is 9.90. The van der Waals surface area contributed by atoms with Crippen molar-refractivity contribution in [2.75, 3.05) is 27.2 Å². The molecule has 138 valence electrons. The number of nitrogens with zero attached hydrogens (tertiary/aromatic N) is 2. The Morgan fingerprint density at radius 3 is 2.60 bits per heavy atom. The molecule has 0 aromatic heterocycles. The van der Waals surface area contributed by atoms with Crippen LogP contribution in [0.4, 0.5) is 0 Å². The first-order chi connectivity index (χ1) is 11.9. The highest BCUT2D eigenvalue weighted by Crippen LogP contribution is 2.33. The number of nitrogens with two attached hydrogens (primary N) is 1. The van der Waals surface area contributed by atoms with Gasteiger partial charge in [-0.25, -0.2) is 4.31 Å². The van der Waals surface area contributed by atoms with Gasteiger partial charge in [-0.1, -0.05) is 17.7 Å². The van der Waals surface area contributed by atoms with E-state index in [9.17, 15) is 0 Å². The molecule has 0 amide bonds. The van der Waals surface area contributed by atoms with E-state index in [0.717, 1.165) is 59.4 Å². The molecule has 0 atom stereocenters. The van der Waals surface area contributed by atoms with Crippen LogP contribution in [0.15, 0.2) is 33.8 Å². The number of halogens is 1. The van der Waals surface area contributed by atoms with Crippen LogP contribution in [-0.4, -0.2) is 37.3 Å². The fourth-order valence-corrected chi connectivity index (χ4v) is 4.24. The van der Waals surface area contributed by atoms with E-state index >= 15 is 0 Å². The predicted octanol–water partition coefficient (Wildman–Crippen LogP) is 4.53. The molecule has 1 aliphatic heterocycles. The molecule has 0 radical (unpaired) electrons. The van der Waals surface area contributed by atoms with Crippen LogP contribution < -0.4 is 10.5 Å². The minimum absolute atomic E-state index is 0.666. The Morgan fingerprint density at radius 1 is 1.36 bits per heavy atom. The smallest absolute Gasteiger partial charge is 0.123 e. The number of allylic oxidation sites excluding steroid dienone is 2. The molecule has 6 heteroatoms. The van der Waals surface area contributed by atoms with Crippen LogP contribution in [0.2, 0.25) is 5.02 Å². The van der Waals surface area contributed by atoms with Gasteiger partial charge in [0.15, 0.2) is 0 Å².